The Morgan fingerprint density at radius 1 is 1.24 bits per heavy atom. The van der Waals surface area contributed by atoms with Gasteiger partial charge in [0.2, 0.25) is 0 Å². The van der Waals surface area contributed by atoms with Gasteiger partial charge >= 0.3 is 0 Å². The monoisotopic (exact) mass is 230 g/mol. The topological polar surface area (TPSA) is 53.4 Å². The molecule has 17 heavy (non-hydrogen) atoms. The Kier molecular flexibility index (Phi) is 5.07. The molecule has 4 heteroatoms. The molecule has 0 aliphatic carbocycles. The zero-order valence-corrected chi connectivity index (χ0v) is 10.7. The average Bonchev–Trinajstić information content (AvgIpc) is 2.86. The van der Waals surface area contributed by atoms with Gasteiger partial charge in [-0.25, -0.2) is 0 Å². The molecule has 0 aliphatic rings. The number of aromatic amines is 1. The number of aromatic nitrogens is 2. The van der Waals surface area contributed by atoms with E-state index in [4.69, 9.17) is 0 Å². The molecule has 1 aromatic rings. The van der Waals surface area contributed by atoms with Crippen LogP contribution < -0.4 is 0 Å². The lowest BCUT2D eigenvalue weighted by Crippen LogP contribution is -2.03. The predicted octanol–water partition coefficient (Wildman–Crippen LogP) is 3.23. The summed E-state index contributed by atoms with van der Waals surface area (Å²) in [7, 11) is 0. The van der Waals surface area contributed by atoms with E-state index in [1.165, 1.54) is 0 Å². The van der Waals surface area contributed by atoms with Crippen molar-refractivity contribution in [1.82, 2.24) is 10.2 Å². The fraction of sp³-hybridized carbons (Fsp3) is 0.308. The van der Waals surface area contributed by atoms with Crippen molar-refractivity contribution in [3.05, 3.63) is 36.4 Å². The van der Waals surface area contributed by atoms with Gasteiger partial charge in [-0.05, 0) is 33.3 Å². The highest BCUT2D eigenvalue weighted by Crippen LogP contribution is 2.10. The molecule has 0 radical (unpaired) electrons. The molecule has 0 bridgehead atoms. The Labute approximate surface area is 102 Å². The van der Waals surface area contributed by atoms with Gasteiger partial charge in [0.05, 0.1) is 17.6 Å². The van der Waals surface area contributed by atoms with E-state index in [1.54, 1.807) is 12.4 Å². The van der Waals surface area contributed by atoms with E-state index in [2.05, 4.69) is 20.2 Å². The molecule has 1 heterocycles. The van der Waals surface area contributed by atoms with Crippen LogP contribution in [0, 0.1) is 0 Å². The van der Waals surface area contributed by atoms with Crippen LogP contribution in [-0.4, -0.2) is 21.6 Å². The molecule has 1 rings (SSSR count). The zero-order chi connectivity index (χ0) is 12.7. The number of nitrogens with one attached hydrogen (secondary N) is 1. The summed E-state index contributed by atoms with van der Waals surface area (Å²) < 4.78 is 0. The highest BCUT2D eigenvalue weighted by atomic mass is 15.1. The Hall–Kier alpha value is -1.97. The first-order valence-electron chi connectivity index (χ1n) is 5.51. The number of nitrogens with zero attached hydrogens (tertiary/aromatic N) is 3. The number of hydrogen-bond acceptors (Lipinski definition) is 3. The molecule has 0 unspecified atom stereocenters. The number of H-pyrrole nitrogens is 1. The molecular weight excluding hydrogens is 212 g/mol. The molecule has 0 atom stereocenters. The van der Waals surface area contributed by atoms with Crippen molar-refractivity contribution in [3.63, 3.8) is 0 Å². The molecule has 0 fully saturated rings. The van der Waals surface area contributed by atoms with Gasteiger partial charge in [-0.1, -0.05) is 6.08 Å². The van der Waals surface area contributed by atoms with Crippen LogP contribution in [-0.2, 0) is 0 Å². The molecule has 90 valence electrons. The van der Waals surface area contributed by atoms with E-state index in [-0.39, 0.29) is 0 Å². The predicted molar refractivity (Wildman–Crippen MR) is 73.3 cm³/mol. The third-order valence-corrected chi connectivity index (χ3v) is 2.35. The van der Waals surface area contributed by atoms with Crippen molar-refractivity contribution in [2.75, 3.05) is 0 Å². The van der Waals surface area contributed by atoms with Crippen LogP contribution in [0.5, 0.6) is 0 Å². The van der Waals surface area contributed by atoms with Gasteiger partial charge in [0.25, 0.3) is 0 Å². The normalized spacial score (nSPS) is 14.7. The van der Waals surface area contributed by atoms with E-state index in [1.807, 2.05) is 46.2 Å². The van der Waals surface area contributed by atoms with Crippen LogP contribution in [0.15, 0.2) is 40.9 Å². The van der Waals surface area contributed by atoms with Gasteiger partial charge in [0.1, 0.15) is 0 Å². The maximum absolute atomic E-state index is 4.38. The Balaban J connectivity index is 2.80. The van der Waals surface area contributed by atoms with Crippen LogP contribution in [0.1, 0.15) is 33.3 Å². The summed E-state index contributed by atoms with van der Waals surface area (Å²) in [6.45, 7) is 7.83. The highest BCUT2D eigenvalue weighted by molar-refractivity contribution is 6.40. The van der Waals surface area contributed by atoms with Gasteiger partial charge < -0.3 is 0 Å². The summed E-state index contributed by atoms with van der Waals surface area (Å²) in [6.07, 6.45) is 9.11. The Morgan fingerprint density at radius 3 is 2.53 bits per heavy atom. The maximum Gasteiger partial charge on any atom is 0.0584 e. The maximum atomic E-state index is 4.38. The van der Waals surface area contributed by atoms with Crippen molar-refractivity contribution in [2.24, 2.45) is 9.98 Å². The van der Waals surface area contributed by atoms with Crippen molar-refractivity contribution in [1.29, 1.82) is 0 Å². The second kappa shape index (κ2) is 6.58. The quantitative estimate of drug-likeness (QED) is 0.793. The molecular formula is C13H18N4. The van der Waals surface area contributed by atoms with E-state index < -0.39 is 0 Å². The lowest BCUT2D eigenvalue weighted by molar-refractivity contribution is 1.09. The summed E-state index contributed by atoms with van der Waals surface area (Å²) in [5.41, 5.74) is 3.94. The second-order valence-corrected chi connectivity index (χ2v) is 3.71. The SMILES string of the molecule is C/C=C\N=C(C)C(C)=N/C=C(\C)c1cn[nH]c1. The van der Waals surface area contributed by atoms with Gasteiger partial charge in [-0.2, -0.15) is 5.10 Å². The summed E-state index contributed by atoms with van der Waals surface area (Å²) >= 11 is 0. The molecule has 0 aliphatic heterocycles. The van der Waals surface area contributed by atoms with Crippen LogP contribution in [0.2, 0.25) is 0 Å². The third-order valence-electron chi connectivity index (χ3n) is 2.35. The highest BCUT2D eigenvalue weighted by Gasteiger charge is 1.97. The summed E-state index contributed by atoms with van der Waals surface area (Å²) in [5, 5.41) is 6.68. The Bertz CT molecular complexity index is 462. The Morgan fingerprint density at radius 2 is 1.94 bits per heavy atom. The lowest BCUT2D eigenvalue weighted by Gasteiger charge is -1.97. The molecule has 0 aromatic carbocycles. The van der Waals surface area contributed by atoms with E-state index in [0.29, 0.717) is 0 Å². The van der Waals surface area contributed by atoms with E-state index in [0.717, 1.165) is 22.6 Å². The number of hydrogen-bond donors (Lipinski definition) is 1. The van der Waals surface area contributed by atoms with Crippen molar-refractivity contribution >= 4 is 17.0 Å². The van der Waals surface area contributed by atoms with Crippen LogP contribution in [0.4, 0.5) is 0 Å². The fourth-order valence-corrected chi connectivity index (χ4v) is 1.11. The van der Waals surface area contributed by atoms with Gasteiger partial charge in [0.15, 0.2) is 0 Å². The molecule has 0 saturated carbocycles. The first kappa shape index (κ1) is 13.1. The molecule has 0 amide bonds. The van der Waals surface area contributed by atoms with Crippen LogP contribution >= 0.6 is 0 Å². The number of allylic oxidation sites excluding steroid dienone is 2. The minimum Gasteiger partial charge on any atom is -0.285 e. The smallest absolute Gasteiger partial charge is 0.0584 e. The fourth-order valence-electron chi connectivity index (χ4n) is 1.11. The largest absolute Gasteiger partial charge is 0.285 e. The standard InChI is InChI=1S/C13H18N4/c1-5-6-14-11(3)12(4)15-7-10(2)13-8-16-17-9-13/h5-9H,1-4H3,(H,16,17)/b6-5-,10-7+,14-11?,15-12?. The molecule has 0 saturated heterocycles. The summed E-state index contributed by atoms with van der Waals surface area (Å²) in [6, 6.07) is 0. The van der Waals surface area contributed by atoms with Crippen LogP contribution in [0.3, 0.4) is 0 Å². The third kappa shape index (κ3) is 4.18. The van der Waals surface area contributed by atoms with Gasteiger partial charge in [0, 0.05) is 24.2 Å². The second-order valence-electron chi connectivity index (χ2n) is 3.71. The van der Waals surface area contributed by atoms with Crippen molar-refractivity contribution in [2.45, 2.75) is 27.7 Å². The molecule has 1 N–H and O–H groups in total. The average molecular weight is 230 g/mol. The van der Waals surface area contributed by atoms with E-state index in [9.17, 15) is 0 Å². The number of aliphatic imine (C=N–C) groups is 2. The van der Waals surface area contributed by atoms with E-state index >= 15 is 0 Å². The minimum atomic E-state index is 0.908. The summed E-state index contributed by atoms with van der Waals surface area (Å²) in [4.78, 5) is 8.62. The van der Waals surface area contributed by atoms with Crippen LogP contribution in [0.25, 0.3) is 5.57 Å². The zero-order valence-electron chi connectivity index (χ0n) is 10.7. The minimum absolute atomic E-state index is 0.908. The molecule has 1 aromatic heterocycles. The number of rotatable bonds is 4. The first-order valence-corrected chi connectivity index (χ1v) is 5.51. The van der Waals surface area contributed by atoms with Gasteiger partial charge in [-0.15, -0.1) is 0 Å². The first-order chi connectivity index (χ1) is 8.15. The van der Waals surface area contributed by atoms with Crippen molar-refractivity contribution < 1.29 is 0 Å². The molecule has 0 spiro atoms. The summed E-state index contributed by atoms with van der Waals surface area (Å²) in [5.74, 6) is 0. The van der Waals surface area contributed by atoms with Crippen molar-refractivity contribution in [3.8, 4) is 0 Å². The lowest BCUT2D eigenvalue weighted by atomic mass is 10.2. The molecule has 4 nitrogen and oxygen atoms in total. The van der Waals surface area contributed by atoms with Gasteiger partial charge in [-0.3, -0.25) is 15.1 Å².